The van der Waals surface area contributed by atoms with E-state index in [0.717, 1.165) is 19.3 Å². The van der Waals surface area contributed by atoms with Crippen LogP contribution in [0.4, 0.5) is 0 Å². The number of rotatable bonds is 13. The Kier molecular flexibility index (Phi) is 13.6. The molecule has 0 aliphatic rings. The summed E-state index contributed by atoms with van der Waals surface area (Å²) in [5.74, 6) is 0.360. The van der Waals surface area contributed by atoms with Gasteiger partial charge in [0, 0.05) is 5.57 Å². The van der Waals surface area contributed by atoms with Gasteiger partial charge in [0.2, 0.25) is 8.32 Å². The van der Waals surface area contributed by atoms with E-state index in [9.17, 15) is 4.79 Å². The van der Waals surface area contributed by atoms with Crippen LogP contribution in [0.2, 0.25) is 16.6 Å². The maximum Gasteiger partial charge on any atom is 0.333 e. The molecule has 0 heterocycles. The van der Waals surface area contributed by atoms with E-state index in [4.69, 9.17) is 9.16 Å². The molecule has 180 valence electrons. The second-order valence-corrected chi connectivity index (χ2v) is 16.3. The zero-order valence-electron chi connectivity index (χ0n) is 22.2. The molecule has 0 rings (SSSR count). The van der Waals surface area contributed by atoms with Crippen molar-refractivity contribution < 1.29 is 14.0 Å². The molecule has 4 heteroatoms. The first kappa shape index (κ1) is 29.9. The van der Waals surface area contributed by atoms with Crippen LogP contribution in [-0.4, -0.2) is 26.5 Å². The molecule has 0 aliphatic carbocycles. The Labute approximate surface area is 194 Å². The summed E-state index contributed by atoms with van der Waals surface area (Å²) in [6, 6.07) is 0. The van der Waals surface area contributed by atoms with E-state index in [2.05, 4.69) is 72.8 Å². The Bertz CT molecular complexity index is 585. The first-order valence-electron chi connectivity index (χ1n) is 12.1. The quantitative estimate of drug-likeness (QED) is 0.122. The number of carbonyl (C=O) groups is 1. The van der Waals surface area contributed by atoms with E-state index in [-0.39, 0.29) is 5.97 Å². The first-order valence-corrected chi connectivity index (χ1v) is 14.2. The second kappa shape index (κ2) is 14.1. The zero-order valence-corrected chi connectivity index (χ0v) is 23.2. The van der Waals surface area contributed by atoms with E-state index in [0.29, 0.717) is 34.7 Å². The van der Waals surface area contributed by atoms with Gasteiger partial charge in [-0.1, -0.05) is 78.8 Å². The van der Waals surface area contributed by atoms with Crippen molar-refractivity contribution in [3.05, 3.63) is 36.0 Å². The van der Waals surface area contributed by atoms with Crippen LogP contribution < -0.4 is 0 Å². The molecule has 1 atom stereocenters. The topological polar surface area (TPSA) is 35.5 Å². The third-order valence-corrected chi connectivity index (χ3v) is 12.0. The van der Waals surface area contributed by atoms with Gasteiger partial charge in [0.25, 0.3) is 0 Å². The van der Waals surface area contributed by atoms with Gasteiger partial charge in [-0.15, -0.1) is 0 Å². The highest BCUT2D eigenvalue weighted by Gasteiger charge is 2.44. The van der Waals surface area contributed by atoms with Gasteiger partial charge >= 0.3 is 5.97 Å². The summed E-state index contributed by atoms with van der Waals surface area (Å²) in [4.78, 5) is 12.0. The van der Waals surface area contributed by atoms with Crippen molar-refractivity contribution in [1.82, 2.24) is 0 Å². The summed E-state index contributed by atoms with van der Waals surface area (Å²) in [6.45, 7) is 24.4. The van der Waals surface area contributed by atoms with Gasteiger partial charge in [0.15, 0.2) is 0 Å². The Morgan fingerprint density at radius 2 is 1.42 bits per heavy atom. The Morgan fingerprint density at radius 3 is 1.90 bits per heavy atom. The first-order chi connectivity index (χ1) is 14.2. The van der Waals surface area contributed by atoms with Crippen LogP contribution >= 0.6 is 0 Å². The largest absolute Gasteiger partial charge is 0.457 e. The molecule has 0 spiro atoms. The summed E-state index contributed by atoms with van der Waals surface area (Å²) < 4.78 is 11.9. The Morgan fingerprint density at radius 1 is 0.903 bits per heavy atom. The fraction of sp³-hybridized carbons (Fsp3) is 0.741. The van der Waals surface area contributed by atoms with Gasteiger partial charge in [-0.05, 0) is 69.5 Å². The molecule has 0 aromatic rings. The second-order valence-electron chi connectivity index (χ2n) is 10.8. The van der Waals surface area contributed by atoms with Crippen LogP contribution in [0.3, 0.4) is 0 Å². The fourth-order valence-corrected chi connectivity index (χ4v) is 9.75. The highest BCUT2D eigenvalue weighted by atomic mass is 28.4. The summed E-state index contributed by atoms with van der Waals surface area (Å²) in [7, 11) is -1.77. The molecular weight excluding hydrogens is 400 g/mol. The average molecular weight is 451 g/mol. The maximum absolute atomic E-state index is 12.0. The number of esters is 1. The summed E-state index contributed by atoms with van der Waals surface area (Å²) in [5, 5.41) is 0. The SMILES string of the molecule is C/C(=C\CC[C@H](C)C/C=C/C=C/CO[Si](C(C)C)(C(C)C)C(C)C)C(=O)OC(C)(C)C. The van der Waals surface area contributed by atoms with Crippen LogP contribution in [0.5, 0.6) is 0 Å². The van der Waals surface area contributed by atoms with Crippen LogP contribution in [0.25, 0.3) is 0 Å². The van der Waals surface area contributed by atoms with E-state index in [1.54, 1.807) is 0 Å². The molecule has 0 unspecified atom stereocenters. The highest BCUT2D eigenvalue weighted by Crippen LogP contribution is 2.42. The van der Waals surface area contributed by atoms with Gasteiger partial charge in [-0.3, -0.25) is 0 Å². The molecule has 0 aliphatic heterocycles. The van der Waals surface area contributed by atoms with Crippen molar-refractivity contribution in [1.29, 1.82) is 0 Å². The molecule has 31 heavy (non-hydrogen) atoms. The number of ether oxygens (including phenoxy) is 1. The number of hydrogen-bond acceptors (Lipinski definition) is 3. The molecule has 3 nitrogen and oxygen atoms in total. The van der Waals surface area contributed by atoms with Crippen molar-refractivity contribution in [3.63, 3.8) is 0 Å². The van der Waals surface area contributed by atoms with E-state index in [1.165, 1.54) is 0 Å². The zero-order chi connectivity index (χ0) is 24.2. The van der Waals surface area contributed by atoms with Gasteiger partial charge in [0.1, 0.15) is 5.60 Å². The molecule has 0 bridgehead atoms. The third-order valence-electron chi connectivity index (χ3n) is 5.89. The van der Waals surface area contributed by atoms with Crippen molar-refractivity contribution in [2.75, 3.05) is 6.61 Å². The smallest absolute Gasteiger partial charge is 0.333 e. The minimum atomic E-state index is -1.77. The highest BCUT2D eigenvalue weighted by molar-refractivity contribution is 6.77. The van der Waals surface area contributed by atoms with Crippen LogP contribution in [0.15, 0.2) is 36.0 Å². The standard InChI is InChI=1S/C27H50O3Si/c1-21(2)31(22(3)4,23(5)6)29-20-15-13-12-14-17-24(7)18-16-19-25(8)26(28)30-27(9,10)11/h12-15,19,21-24H,16-18,20H2,1-11H3/b14-12+,15-13+,25-19+/t24-/m1/s1. The lowest BCUT2D eigenvalue weighted by atomic mass is 10.0. The monoisotopic (exact) mass is 450 g/mol. The van der Waals surface area contributed by atoms with Crippen LogP contribution in [0.1, 0.15) is 95.4 Å². The molecule has 0 aromatic carbocycles. The third kappa shape index (κ3) is 11.3. The van der Waals surface area contributed by atoms with Crippen LogP contribution in [-0.2, 0) is 14.0 Å². The summed E-state index contributed by atoms with van der Waals surface area (Å²) in [6.07, 6.45) is 13.6. The van der Waals surface area contributed by atoms with Crippen molar-refractivity contribution in [2.24, 2.45) is 5.92 Å². The Hall–Kier alpha value is -1.13. The van der Waals surface area contributed by atoms with Gasteiger partial charge < -0.3 is 9.16 Å². The summed E-state index contributed by atoms with van der Waals surface area (Å²) in [5.41, 5.74) is 2.11. The predicted molar refractivity (Wildman–Crippen MR) is 138 cm³/mol. The number of carbonyl (C=O) groups excluding carboxylic acids is 1. The lowest BCUT2D eigenvalue weighted by molar-refractivity contribution is -0.149. The lowest BCUT2D eigenvalue weighted by Crippen LogP contribution is -2.47. The van der Waals surface area contributed by atoms with E-state index >= 15 is 0 Å². The predicted octanol–water partition coefficient (Wildman–Crippen LogP) is 8.39. The minimum Gasteiger partial charge on any atom is -0.457 e. The molecule has 0 N–H and O–H groups in total. The van der Waals surface area contributed by atoms with Gasteiger partial charge in [-0.25, -0.2) is 4.79 Å². The molecule has 0 aromatic heterocycles. The lowest BCUT2D eigenvalue weighted by Gasteiger charge is -2.41. The molecular formula is C27H50O3Si. The normalized spacial score (nSPS) is 15.1. The average Bonchev–Trinajstić information content (AvgIpc) is 2.61. The number of hydrogen-bond donors (Lipinski definition) is 0. The molecule has 0 saturated heterocycles. The van der Waals surface area contributed by atoms with Gasteiger partial charge in [-0.2, -0.15) is 0 Å². The number of allylic oxidation sites excluding steroid dienone is 4. The maximum atomic E-state index is 12.0. The van der Waals surface area contributed by atoms with Crippen molar-refractivity contribution >= 4 is 14.3 Å². The Balaban J connectivity index is 4.40. The fourth-order valence-electron chi connectivity index (χ4n) is 4.36. The minimum absolute atomic E-state index is 0.216. The van der Waals surface area contributed by atoms with Crippen molar-refractivity contribution in [3.8, 4) is 0 Å². The van der Waals surface area contributed by atoms with Crippen LogP contribution in [0, 0.1) is 5.92 Å². The molecule has 0 saturated carbocycles. The summed E-state index contributed by atoms with van der Waals surface area (Å²) >= 11 is 0. The molecule has 0 fully saturated rings. The molecule has 0 radical (unpaired) electrons. The van der Waals surface area contributed by atoms with E-state index < -0.39 is 13.9 Å². The molecule has 0 amide bonds. The van der Waals surface area contributed by atoms with E-state index in [1.807, 2.05) is 33.8 Å². The van der Waals surface area contributed by atoms with Gasteiger partial charge in [0.05, 0.1) is 6.61 Å². The van der Waals surface area contributed by atoms with Crippen molar-refractivity contribution in [2.45, 2.75) is 118 Å².